The summed E-state index contributed by atoms with van der Waals surface area (Å²) in [6, 6.07) is 0.123. The molecule has 0 bridgehead atoms. The van der Waals surface area contributed by atoms with E-state index in [4.69, 9.17) is 0 Å². The number of rotatable bonds is 4. The molecular weight excluding hydrogens is 220 g/mol. The van der Waals surface area contributed by atoms with E-state index in [0.29, 0.717) is 0 Å². The maximum absolute atomic E-state index is 11.6. The van der Waals surface area contributed by atoms with Crippen LogP contribution in [-0.2, 0) is 9.59 Å². The molecule has 96 valence electrons. The van der Waals surface area contributed by atoms with Gasteiger partial charge >= 0.3 is 0 Å². The maximum atomic E-state index is 11.6. The Balaban J connectivity index is 2.29. The van der Waals surface area contributed by atoms with E-state index in [-0.39, 0.29) is 30.5 Å². The second-order valence-corrected chi connectivity index (χ2v) is 4.47. The number of hydrogen-bond acceptors (Lipinski definition) is 3. The van der Waals surface area contributed by atoms with Gasteiger partial charge in [0, 0.05) is 13.1 Å². The van der Waals surface area contributed by atoms with E-state index in [9.17, 15) is 14.7 Å². The fraction of sp³-hybridized carbons (Fsp3) is 0.667. The zero-order chi connectivity index (χ0) is 12.8. The predicted octanol–water partition coefficient (Wildman–Crippen LogP) is 0.0505. The molecule has 0 spiro atoms. The van der Waals surface area contributed by atoms with Crippen molar-refractivity contribution < 1.29 is 14.7 Å². The van der Waals surface area contributed by atoms with Gasteiger partial charge in [-0.3, -0.25) is 9.59 Å². The molecule has 0 atom stereocenters. The van der Waals surface area contributed by atoms with Crippen LogP contribution in [0.15, 0.2) is 12.7 Å². The molecule has 2 amide bonds. The maximum Gasteiger partial charge on any atom is 0.246 e. The van der Waals surface area contributed by atoms with Crippen LogP contribution < -0.4 is 5.32 Å². The molecular formula is C12H20N2O3. The second kappa shape index (κ2) is 6.39. The summed E-state index contributed by atoms with van der Waals surface area (Å²) >= 11 is 0. The van der Waals surface area contributed by atoms with E-state index in [0.717, 1.165) is 25.7 Å². The van der Waals surface area contributed by atoms with Gasteiger partial charge in [-0.2, -0.15) is 0 Å². The highest BCUT2D eigenvalue weighted by atomic mass is 16.3. The number of nitrogens with zero attached hydrogens (tertiary/aromatic N) is 1. The van der Waals surface area contributed by atoms with E-state index in [1.807, 2.05) is 0 Å². The van der Waals surface area contributed by atoms with Crippen molar-refractivity contribution in [3.05, 3.63) is 12.7 Å². The molecule has 1 rings (SSSR count). The first-order valence-corrected chi connectivity index (χ1v) is 5.88. The minimum atomic E-state index is -0.265. The van der Waals surface area contributed by atoms with Crippen LogP contribution in [0.4, 0.5) is 0 Å². The molecule has 0 aromatic heterocycles. The second-order valence-electron chi connectivity index (χ2n) is 4.47. The molecule has 0 aliphatic heterocycles. The fourth-order valence-corrected chi connectivity index (χ4v) is 1.94. The van der Waals surface area contributed by atoms with E-state index >= 15 is 0 Å². The molecule has 1 fully saturated rings. The minimum Gasteiger partial charge on any atom is -0.393 e. The molecule has 0 unspecified atom stereocenters. The van der Waals surface area contributed by atoms with Crippen LogP contribution >= 0.6 is 0 Å². The normalized spacial score (nSPS) is 23.9. The van der Waals surface area contributed by atoms with Gasteiger partial charge in [0.15, 0.2) is 0 Å². The van der Waals surface area contributed by atoms with Gasteiger partial charge in [-0.1, -0.05) is 6.58 Å². The van der Waals surface area contributed by atoms with Crippen LogP contribution in [0.2, 0.25) is 0 Å². The van der Waals surface area contributed by atoms with Gasteiger partial charge in [0.1, 0.15) is 0 Å². The van der Waals surface area contributed by atoms with Crippen molar-refractivity contribution in [2.45, 2.75) is 37.8 Å². The van der Waals surface area contributed by atoms with Crippen molar-refractivity contribution >= 4 is 11.8 Å². The Bertz CT molecular complexity index is 296. The highest BCUT2D eigenvalue weighted by Gasteiger charge is 2.21. The van der Waals surface area contributed by atoms with Crippen molar-refractivity contribution in [2.24, 2.45) is 0 Å². The summed E-state index contributed by atoms with van der Waals surface area (Å²) in [5, 5.41) is 12.2. The van der Waals surface area contributed by atoms with Gasteiger partial charge in [0.05, 0.1) is 12.6 Å². The van der Waals surface area contributed by atoms with Crippen LogP contribution in [0, 0.1) is 0 Å². The fourth-order valence-electron chi connectivity index (χ4n) is 1.94. The third kappa shape index (κ3) is 4.56. The Morgan fingerprint density at radius 2 is 2.00 bits per heavy atom. The van der Waals surface area contributed by atoms with Crippen molar-refractivity contribution in [1.29, 1.82) is 0 Å². The van der Waals surface area contributed by atoms with Crippen molar-refractivity contribution in [3.63, 3.8) is 0 Å². The molecule has 1 saturated carbocycles. The van der Waals surface area contributed by atoms with Crippen molar-refractivity contribution in [2.75, 3.05) is 13.6 Å². The lowest BCUT2D eigenvalue weighted by Gasteiger charge is -2.26. The molecule has 1 aliphatic carbocycles. The molecule has 5 nitrogen and oxygen atoms in total. The predicted molar refractivity (Wildman–Crippen MR) is 64.2 cm³/mol. The zero-order valence-electron chi connectivity index (χ0n) is 10.2. The highest BCUT2D eigenvalue weighted by molar-refractivity contribution is 5.90. The average molecular weight is 240 g/mol. The summed E-state index contributed by atoms with van der Waals surface area (Å²) in [6.07, 6.45) is 4.01. The molecule has 0 aromatic rings. The summed E-state index contributed by atoms with van der Waals surface area (Å²) < 4.78 is 0. The molecule has 0 radical (unpaired) electrons. The topological polar surface area (TPSA) is 69.6 Å². The number of nitrogens with one attached hydrogen (secondary N) is 1. The Morgan fingerprint density at radius 1 is 1.41 bits per heavy atom. The standard InChI is InChI=1S/C12H20N2O3/c1-3-12(17)14(2)8-11(16)13-9-4-6-10(15)7-5-9/h3,9-10,15H,1,4-8H2,2H3,(H,13,16). The molecule has 5 heteroatoms. The van der Waals surface area contributed by atoms with Crippen LogP contribution in [0.3, 0.4) is 0 Å². The summed E-state index contributed by atoms with van der Waals surface area (Å²) in [4.78, 5) is 24.1. The number of hydrogen-bond donors (Lipinski definition) is 2. The van der Waals surface area contributed by atoms with Gasteiger partial charge in [0.2, 0.25) is 11.8 Å². The molecule has 17 heavy (non-hydrogen) atoms. The van der Waals surface area contributed by atoms with Gasteiger partial charge < -0.3 is 15.3 Å². The van der Waals surface area contributed by atoms with Gasteiger partial charge in [0.25, 0.3) is 0 Å². The summed E-state index contributed by atoms with van der Waals surface area (Å²) in [7, 11) is 1.56. The van der Waals surface area contributed by atoms with E-state index in [2.05, 4.69) is 11.9 Å². The van der Waals surface area contributed by atoms with Crippen LogP contribution in [0.25, 0.3) is 0 Å². The summed E-state index contributed by atoms with van der Waals surface area (Å²) in [5.74, 6) is -0.427. The minimum absolute atomic E-state index is 0.0455. The third-order valence-electron chi connectivity index (χ3n) is 2.99. The number of likely N-dealkylation sites (N-methyl/N-ethyl adjacent to an activating group) is 1. The Morgan fingerprint density at radius 3 is 2.53 bits per heavy atom. The lowest BCUT2D eigenvalue weighted by molar-refractivity contribution is -0.131. The van der Waals surface area contributed by atoms with E-state index in [1.54, 1.807) is 7.05 Å². The van der Waals surface area contributed by atoms with Crippen LogP contribution in [0.5, 0.6) is 0 Å². The average Bonchev–Trinajstić information content (AvgIpc) is 2.30. The number of aliphatic hydroxyl groups excluding tert-OH is 1. The van der Waals surface area contributed by atoms with Gasteiger partial charge in [-0.25, -0.2) is 0 Å². The molecule has 1 aliphatic rings. The van der Waals surface area contributed by atoms with E-state index in [1.165, 1.54) is 11.0 Å². The lowest BCUT2D eigenvalue weighted by Crippen LogP contribution is -2.44. The first-order valence-electron chi connectivity index (χ1n) is 5.88. The Hall–Kier alpha value is -1.36. The zero-order valence-corrected chi connectivity index (χ0v) is 10.2. The first-order chi connectivity index (χ1) is 8.02. The van der Waals surface area contributed by atoms with E-state index < -0.39 is 0 Å². The van der Waals surface area contributed by atoms with Crippen molar-refractivity contribution in [1.82, 2.24) is 10.2 Å². The van der Waals surface area contributed by atoms with Gasteiger partial charge in [-0.05, 0) is 31.8 Å². The van der Waals surface area contributed by atoms with Crippen molar-refractivity contribution in [3.8, 4) is 0 Å². The first kappa shape index (κ1) is 13.7. The highest BCUT2D eigenvalue weighted by Crippen LogP contribution is 2.18. The number of carbonyl (C=O) groups is 2. The molecule has 0 heterocycles. The summed E-state index contributed by atoms with van der Waals surface area (Å²) in [6.45, 7) is 3.41. The largest absolute Gasteiger partial charge is 0.393 e. The number of carbonyl (C=O) groups excluding carboxylic acids is 2. The monoisotopic (exact) mass is 240 g/mol. The van der Waals surface area contributed by atoms with Crippen LogP contribution in [-0.4, -0.2) is 47.6 Å². The molecule has 0 saturated heterocycles. The quantitative estimate of drug-likeness (QED) is 0.682. The lowest BCUT2D eigenvalue weighted by atomic mass is 9.93. The molecule has 0 aromatic carbocycles. The number of aliphatic hydroxyl groups is 1. The SMILES string of the molecule is C=CC(=O)N(C)CC(=O)NC1CCC(O)CC1. The Kier molecular flexibility index (Phi) is 5.15. The van der Waals surface area contributed by atoms with Crippen LogP contribution in [0.1, 0.15) is 25.7 Å². The summed E-state index contributed by atoms with van der Waals surface area (Å²) in [5.41, 5.74) is 0. The molecule has 2 N–H and O–H groups in total. The van der Waals surface area contributed by atoms with Gasteiger partial charge in [-0.15, -0.1) is 0 Å². The Labute approximate surface area is 101 Å². The third-order valence-corrected chi connectivity index (χ3v) is 2.99. The smallest absolute Gasteiger partial charge is 0.246 e. The number of amides is 2.